The van der Waals surface area contributed by atoms with Gasteiger partial charge in [0.1, 0.15) is 24.4 Å². The first-order valence-electron chi connectivity index (χ1n) is 26.6. The first kappa shape index (κ1) is 53.2. The highest BCUT2D eigenvalue weighted by Crippen LogP contribution is 2.65. The van der Waals surface area contributed by atoms with E-state index in [-0.39, 0.29) is 92.2 Å². The summed E-state index contributed by atoms with van der Waals surface area (Å²) >= 11 is 1.57. The van der Waals surface area contributed by atoms with Gasteiger partial charge >= 0.3 is 0 Å². The Hall–Kier alpha value is -5.68. The zero-order valence-electron chi connectivity index (χ0n) is 43.7. The van der Waals surface area contributed by atoms with Crippen LogP contribution in [-0.2, 0) is 40.0 Å². The summed E-state index contributed by atoms with van der Waals surface area (Å²) in [5.74, 6) is 1.11. The van der Waals surface area contributed by atoms with E-state index in [9.17, 15) is 29.1 Å². The molecule has 396 valence electrons. The molecule has 2 aliphatic heterocycles. The molecule has 1 aromatic heterocycles. The highest BCUT2D eigenvalue weighted by molar-refractivity contribution is 7.13. The average Bonchev–Trinajstić information content (AvgIpc) is 4.10. The third kappa shape index (κ3) is 11.1. The number of aliphatic hydroxyl groups excluding tert-OH is 1. The van der Waals surface area contributed by atoms with Gasteiger partial charge in [-0.05, 0) is 103 Å². The molecule has 3 heterocycles. The fraction of sp³-hybridized carbons (Fsp3) is 0.552. The van der Waals surface area contributed by atoms with Crippen molar-refractivity contribution in [3.05, 3.63) is 89.6 Å². The van der Waals surface area contributed by atoms with Gasteiger partial charge < -0.3 is 45.5 Å². The fourth-order valence-corrected chi connectivity index (χ4v) is 14.0. The van der Waals surface area contributed by atoms with E-state index in [0.29, 0.717) is 36.7 Å². The number of aryl methyl sites for hydroxylation is 1. The van der Waals surface area contributed by atoms with Crippen LogP contribution >= 0.6 is 11.3 Å². The molecule has 5 amide bonds. The monoisotopic (exact) mass is 1030 g/mol. The molecule has 0 spiro atoms. The number of amides is 5. The van der Waals surface area contributed by atoms with E-state index in [1.165, 1.54) is 4.90 Å². The Balaban J connectivity index is 0.691. The third-order valence-corrected chi connectivity index (χ3v) is 18.2. The maximum atomic E-state index is 14.2. The topological polar surface area (TPSA) is 198 Å². The molecule has 1 saturated heterocycles. The van der Waals surface area contributed by atoms with Crippen molar-refractivity contribution in [3.63, 3.8) is 0 Å². The predicted molar refractivity (Wildman–Crippen MR) is 285 cm³/mol. The molecule has 4 aromatic rings. The Bertz CT molecular complexity index is 2740. The molecule has 3 aliphatic carbocycles. The lowest BCUT2D eigenvalue weighted by Crippen LogP contribution is -2.59. The summed E-state index contributed by atoms with van der Waals surface area (Å²) in [5.41, 5.74) is 4.71. The maximum absolute atomic E-state index is 14.2. The number of carbonyl (C=O) groups excluding carboxylic acids is 5. The summed E-state index contributed by atoms with van der Waals surface area (Å²) in [7, 11) is 0. The number of nitrogens with one attached hydrogen (secondary N) is 4. The molecule has 5 N–H and O–H groups in total. The molecular weight excluding hydrogens is 957 g/mol. The smallest absolute Gasteiger partial charge is 0.246 e. The van der Waals surface area contributed by atoms with Crippen molar-refractivity contribution >= 4 is 57.3 Å². The Kier molecular flexibility index (Phi) is 16.0. The van der Waals surface area contributed by atoms with Crippen LogP contribution in [0.15, 0.2) is 78.3 Å². The van der Waals surface area contributed by atoms with E-state index >= 15 is 0 Å². The Morgan fingerprint density at radius 2 is 1.64 bits per heavy atom. The zero-order valence-corrected chi connectivity index (χ0v) is 44.6. The first-order chi connectivity index (χ1) is 35.4. The van der Waals surface area contributed by atoms with Crippen LogP contribution in [0.1, 0.15) is 97.2 Å². The number of aliphatic hydroxyl groups is 1. The number of rotatable bonds is 18. The minimum absolute atomic E-state index is 0.00872. The number of nitrogens with zero attached hydrogens (tertiary/aromatic N) is 2. The van der Waals surface area contributed by atoms with Crippen LogP contribution in [0.4, 0.5) is 5.69 Å². The Morgan fingerprint density at radius 1 is 0.892 bits per heavy atom. The minimum atomic E-state index is -0.940. The Morgan fingerprint density at radius 3 is 2.39 bits per heavy atom. The SMILES string of the molecule is Cc1ncsc1-c1ccc(CNC(=O)[C@@H]2C[C@@H](O)CN2C(=O)[C@@H](NC(=O)CCOCCOCCOc2cccc3c(NC(=O)[C@H]4CC[C@H]5[C@@H]6CC[C@H]7NC(=O)C=C[C@]7(C)[C@H]6CC[C@]45C)cccc23)C(C)(C)C)cc1. The zero-order chi connectivity index (χ0) is 52.4. The van der Waals surface area contributed by atoms with E-state index in [2.05, 4.69) is 46.2 Å². The van der Waals surface area contributed by atoms with Crippen molar-refractivity contribution < 1.29 is 43.3 Å². The van der Waals surface area contributed by atoms with Crippen LogP contribution in [0.5, 0.6) is 5.75 Å². The van der Waals surface area contributed by atoms with Gasteiger partial charge in [-0.25, -0.2) is 4.98 Å². The number of hydrogen-bond donors (Lipinski definition) is 5. The molecule has 74 heavy (non-hydrogen) atoms. The number of β-amino-alcohol motifs (C(OH)–C–C–N with tert-alkyl or cyclic N) is 1. The van der Waals surface area contributed by atoms with Crippen molar-refractivity contribution in [1.82, 2.24) is 25.8 Å². The maximum Gasteiger partial charge on any atom is 0.246 e. The highest BCUT2D eigenvalue weighted by atomic mass is 32.1. The minimum Gasteiger partial charge on any atom is -0.491 e. The van der Waals surface area contributed by atoms with Crippen molar-refractivity contribution in [1.29, 1.82) is 0 Å². The molecule has 0 unspecified atom stereocenters. The van der Waals surface area contributed by atoms with E-state index in [1.54, 1.807) is 17.4 Å². The summed E-state index contributed by atoms with van der Waals surface area (Å²) in [6.07, 6.45) is 9.24. The van der Waals surface area contributed by atoms with Crippen LogP contribution < -0.4 is 26.0 Å². The third-order valence-electron chi connectivity index (χ3n) is 17.2. The summed E-state index contributed by atoms with van der Waals surface area (Å²) in [6.45, 7) is 13.7. The van der Waals surface area contributed by atoms with Gasteiger partial charge in [-0.1, -0.05) is 89.2 Å². The number of fused-ring (bicyclic) bond motifs is 6. The number of ether oxygens (including phenoxy) is 3. The van der Waals surface area contributed by atoms with Gasteiger partial charge in [0.2, 0.25) is 29.5 Å². The summed E-state index contributed by atoms with van der Waals surface area (Å²) in [6, 6.07) is 18.0. The van der Waals surface area contributed by atoms with Crippen LogP contribution in [0.25, 0.3) is 21.2 Å². The number of benzene rings is 3. The van der Waals surface area contributed by atoms with Gasteiger partial charge in [-0.2, -0.15) is 0 Å². The average molecular weight is 1030 g/mol. The number of aromatic nitrogens is 1. The quantitative estimate of drug-likeness (QED) is 0.0615. The van der Waals surface area contributed by atoms with E-state index in [1.807, 2.05) is 93.9 Å². The second kappa shape index (κ2) is 22.3. The molecule has 4 fully saturated rings. The lowest BCUT2D eigenvalue weighted by Gasteiger charge is -2.58. The predicted octanol–water partition coefficient (Wildman–Crippen LogP) is 7.73. The first-order valence-corrected chi connectivity index (χ1v) is 27.5. The van der Waals surface area contributed by atoms with Crippen LogP contribution in [0, 0.1) is 46.8 Å². The molecule has 16 heteroatoms. The second-order valence-electron chi connectivity index (χ2n) is 22.8. The van der Waals surface area contributed by atoms with Gasteiger partial charge in [-0.15, -0.1) is 11.3 Å². The van der Waals surface area contributed by atoms with Gasteiger partial charge in [0, 0.05) is 59.8 Å². The van der Waals surface area contributed by atoms with Crippen LogP contribution in [0.2, 0.25) is 0 Å². The fourth-order valence-electron chi connectivity index (χ4n) is 13.2. The van der Waals surface area contributed by atoms with Crippen LogP contribution in [-0.4, -0.2) is 108 Å². The molecule has 3 saturated carbocycles. The van der Waals surface area contributed by atoms with Gasteiger partial charge in [0.25, 0.3) is 0 Å². The van der Waals surface area contributed by atoms with Gasteiger partial charge in [0.15, 0.2) is 0 Å². The number of anilines is 1. The van der Waals surface area contributed by atoms with E-state index < -0.39 is 29.5 Å². The van der Waals surface area contributed by atoms with Crippen molar-refractivity contribution in [2.24, 2.45) is 39.9 Å². The molecule has 10 atom stereocenters. The normalized spacial score (nSPS) is 27.6. The standard InChI is InChI=1S/C58H74N6O9S/c1-35-51(74-34-60-35)37-15-13-36(14-16-37)32-59-54(69)46-31-38(65)33-64(46)55(70)52(56(2,3)4)63-50(67)23-26-71-27-28-72-29-30-73-47-12-8-9-39-40(47)10-7-11-45(39)61-53(68)44-19-18-42-41-17-20-48-58(6,25-22-49(66)62-48)43(41)21-24-57(42,44)5/h7-16,22,25,34,38,41-44,46,48,52,65H,17-21,23-24,26-33H2,1-6H3,(H,59,69)(H,61,68)(H,62,66)(H,63,67)/t38-,41+,42+,43+,44-,46+,48-,52-,57+,58-/m1/s1. The number of carbonyl (C=O) groups is 5. The summed E-state index contributed by atoms with van der Waals surface area (Å²) < 4.78 is 17.7. The summed E-state index contributed by atoms with van der Waals surface area (Å²) in [4.78, 5) is 74.0. The highest BCUT2D eigenvalue weighted by Gasteiger charge is 2.61. The van der Waals surface area contributed by atoms with Gasteiger partial charge in [-0.3, -0.25) is 24.0 Å². The molecule has 9 rings (SSSR count). The van der Waals surface area contributed by atoms with Crippen molar-refractivity contribution in [3.8, 4) is 16.2 Å². The number of likely N-dealkylation sites (tertiary alicyclic amines) is 1. The molecule has 5 aliphatic rings. The molecular formula is C58H74N6O9S. The van der Waals surface area contributed by atoms with E-state index in [4.69, 9.17) is 14.2 Å². The van der Waals surface area contributed by atoms with E-state index in [0.717, 1.165) is 76.7 Å². The lowest BCUT2D eigenvalue weighted by molar-refractivity contribution is -0.144. The number of hydrogen-bond acceptors (Lipinski definition) is 11. The largest absolute Gasteiger partial charge is 0.491 e. The Labute approximate surface area is 439 Å². The van der Waals surface area contributed by atoms with Gasteiger partial charge in [0.05, 0.1) is 48.6 Å². The second-order valence-corrected chi connectivity index (χ2v) is 23.7. The van der Waals surface area contributed by atoms with Crippen LogP contribution in [0.3, 0.4) is 0 Å². The lowest BCUT2D eigenvalue weighted by atomic mass is 9.48. The molecule has 0 radical (unpaired) electrons. The number of thiazole rings is 1. The molecule has 3 aromatic carbocycles. The summed E-state index contributed by atoms with van der Waals surface area (Å²) in [5, 5.41) is 24.8. The molecule has 0 bridgehead atoms. The molecule has 15 nitrogen and oxygen atoms in total. The van der Waals surface area contributed by atoms with Crippen molar-refractivity contribution in [2.75, 3.05) is 44.9 Å². The van der Waals surface area contributed by atoms with Crippen molar-refractivity contribution in [2.45, 2.75) is 124 Å².